The quantitative estimate of drug-likeness (QED) is 0.482. The van der Waals surface area contributed by atoms with E-state index in [1.54, 1.807) is 6.20 Å². The number of pyridine rings is 1. The Morgan fingerprint density at radius 1 is 1.05 bits per heavy atom. The third kappa shape index (κ3) is 4.52. The Labute approximate surface area is 222 Å². The van der Waals surface area contributed by atoms with Gasteiger partial charge >= 0.3 is 0 Å². The molecule has 2 saturated heterocycles. The zero-order valence-electron chi connectivity index (χ0n) is 21.7. The smallest absolute Gasteiger partial charge is 0.221 e. The molecular weight excluding hydrogens is 480 g/mol. The molecule has 3 aliphatic heterocycles. The number of hydrogen-bond acceptors (Lipinski definition) is 6. The van der Waals surface area contributed by atoms with Crippen LogP contribution in [0.3, 0.4) is 0 Å². The number of rotatable bonds is 7. The third-order valence-electron chi connectivity index (χ3n) is 9.10. The molecule has 1 saturated carbocycles. The van der Waals surface area contributed by atoms with Gasteiger partial charge in [-0.3, -0.25) is 19.7 Å². The highest BCUT2D eigenvalue weighted by Gasteiger charge is 2.49. The topological polar surface area (TPSA) is 134 Å². The van der Waals surface area contributed by atoms with Gasteiger partial charge in [0.2, 0.25) is 11.8 Å². The van der Waals surface area contributed by atoms with Crippen LogP contribution >= 0.6 is 0 Å². The Morgan fingerprint density at radius 3 is 2.50 bits per heavy atom. The van der Waals surface area contributed by atoms with Crippen LogP contribution in [-0.2, 0) is 9.59 Å². The van der Waals surface area contributed by atoms with Gasteiger partial charge in [-0.15, -0.1) is 5.01 Å². The number of primary amides is 2. The minimum Gasteiger partial charge on any atom is -0.369 e. The van der Waals surface area contributed by atoms with E-state index in [0.717, 1.165) is 50.3 Å². The van der Waals surface area contributed by atoms with Crippen molar-refractivity contribution in [1.29, 1.82) is 0 Å². The van der Waals surface area contributed by atoms with Crippen LogP contribution in [-0.4, -0.2) is 64.7 Å². The average Bonchev–Trinajstić information content (AvgIpc) is 3.66. The highest BCUT2D eigenvalue weighted by atomic mass is 16.1. The number of anilines is 1. The first-order chi connectivity index (χ1) is 18.5. The molecular formula is C28H37N8O2+. The number of H-pyrrole nitrogens is 1. The van der Waals surface area contributed by atoms with Gasteiger partial charge in [0.05, 0.1) is 18.4 Å². The number of quaternary nitrogens is 1. The first-order valence-corrected chi connectivity index (χ1v) is 13.8. The number of carbonyl (C=O) groups is 2. The second-order valence-corrected chi connectivity index (χ2v) is 11.2. The molecule has 2 atom stereocenters. The number of nitrogens with zero attached hydrogens (tertiary/aromatic N) is 5. The number of nitrogens with one attached hydrogen (secondary N) is 1. The van der Waals surface area contributed by atoms with Gasteiger partial charge in [-0.25, -0.2) is 4.59 Å². The molecule has 0 aromatic carbocycles. The second kappa shape index (κ2) is 9.99. The molecule has 2 aromatic heterocycles. The van der Waals surface area contributed by atoms with E-state index in [4.69, 9.17) is 11.5 Å². The van der Waals surface area contributed by atoms with E-state index in [9.17, 15) is 9.59 Å². The maximum Gasteiger partial charge on any atom is 0.221 e. The van der Waals surface area contributed by atoms with Crippen molar-refractivity contribution in [3.05, 3.63) is 60.3 Å². The van der Waals surface area contributed by atoms with Crippen molar-refractivity contribution in [3.8, 4) is 0 Å². The van der Waals surface area contributed by atoms with Gasteiger partial charge < -0.3 is 16.4 Å². The van der Waals surface area contributed by atoms with Crippen molar-refractivity contribution in [2.75, 3.05) is 37.6 Å². The lowest BCUT2D eigenvalue weighted by Gasteiger charge is -2.52. The standard InChI is InChI=1S/C28H36N8O2/c29-27(37)21-7-13-36(14-8-21,26-3-9-31-17-24(26)19-1-2-19)35-12-6-23(28(30)38)25(18-35)20-4-10-34(11-5-20)22-15-32-33-16-22/h3-5,9-10,15-17,19,21,23,25H,1-2,6-8,11-14,18H2,(H4-,29,30,32,33,37,38)/p+1. The summed E-state index contributed by atoms with van der Waals surface area (Å²) in [5, 5.41) is 9.46. The third-order valence-corrected chi connectivity index (χ3v) is 9.10. The molecule has 3 fully saturated rings. The highest BCUT2D eigenvalue weighted by Crippen LogP contribution is 2.48. The fraction of sp³-hybridized carbons (Fsp3) is 0.500. The number of allylic oxidation sites excluding steroid dienone is 1. The molecule has 10 heteroatoms. The number of aromatic amines is 1. The zero-order valence-corrected chi connectivity index (χ0v) is 21.7. The van der Waals surface area contributed by atoms with E-state index in [-0.39, 0.29) is 29.6 Å². The minimum atomic E-state index is -0.234. The first kappa shape index (κ1) is 24.8. The summed E-state index contributed by atoms with van der Waals surface area (Å²) in [6.07, 6.45) is 18.6. The summed E-state index contributed by atoms with van der Waals surface area (Å²) in [6, 6.07) is 2.18. The molecule has 6 rings (SSSR count). The van der Waals surface area contributed by atoms with Crippen molar-refractivity contribution in [2.24, 2.45) is 29.2 Å². The molecule has 5 N–H and O–H groups in total. The van der Waals surface area contributed by atoms with Crippen molar-refractivity contribution < 1.29 is 9.59 Å². The van der Waals surface area contributed by atoms with Crippen LogP contribution in [0, 0.1) is 17.8 Å². The predicted molar refractivity (Wildman–Crippen MR) is 145 cm³/mol. The predicted octanol–water partition coefficient (Wildman–Crippen LogP) is 2.18. The van der Waals surface area contributed by atoms with E-state index < -0.39 is 0 Å². The number of piperidine rings is 2. The fourth-order valence-electron chi connectivity index (χ4n) is 6.78. The highest BCUT2D eigenvalue weighted by molar-refractivity contribution is 5.78. The Morgan fingerprint density at radius 2 is 1.87 bits per heavy atom. The Bertz CT molecular complexity index is 1240. The van der Waals surface area contributed by atoms with Crippen molar-refractivity contribution in [2.45, 2.75) is 38.0 Å². The van der Waals surface area contributed by atoms with Crippen molar-refractivity contribution >= 4 is 23.2 Å². The van der Waals surface area contributed by atoms with Crippen molar-refractivity contribution in [1.82, 2.24) is 24.8 Å². The summed E-state index contributed by atoms with van der Waals surface area (Å²) in [6.45, 7) is 3.84. The molecule has 2 amide bonds. The number of carbonyl (C=O) groups excluding carboxylic acids is 2. The number of hydrogen-bond donors (Lipinski definition) is 3. The maximum absolute atomic E-state index is 12.6. The summed E-state index contributed by atoms with van der Waals surface area (Å²) in [4.78, 5) is 31.3. The van der Waals surface area contributed by atoms with Gasteiger partial charge in [-0.2, -0.15) is 5.10 Å². The lowest BCUT2D eigenvalue weighted by molar-refractivity contribution is -0.132. The summed E-state index contributed by atoms with van der Waals surface area (Å²) < 4.78 is 0.693. The summed E-state index contributed by atoms with van der Waals surface area (Å²) in [7, 11) is 0. The molecule has 38 heavy (non-hydrogen) atoms. The molecule has 10 nitrogen and oxygen atoms in total. The van der Waals surface area contributed by atoms with Gasteiger partial charge in [0.15, 0.2) is 5.69 Å². The lowest BCUT2D eigenvalue weighted by Crippen LogP contribution is -2.68. The summed E-state index contributed by atoms with van der Waals surface area (Å²) >= 11 is 0. The Balaban J connectivity index is 1.32. The van der Waals surface area contributed by atoms with Gasteiger partial charge in [-0.05, 0) is 36.8 Å². The van der Waals surface area contributed by atoms with Crippen molar-refractivity contribution in [3.63, 3.8) is 0 Å². The lowest BCUT2D eigenvalue weighted by atomic mass is 9.79. The zero-order chi connectivity index (χ0) is 26.3. The van der Waals surface area contributed by atoms with Gasteiger partial charge in [0, 0.05) is 80.1 Å². The Kier molecular flexibility index (Phi) is 6.53. The van der Waals surface area contributed by atoms with Crippen LogP contribution in [0.2, 0.25) is 0 Å². The molecule has 1 aliphatic carbocycles. The average molecular weight is 518 g/mol. The molecule has 0 spiro atoms. The molecule has 2 unspecified atom stereocenters. The van der Waals surface area contributed by atoms with Crippen LogP contribution < -0.4 is 21.0 Å². The molecule has 0 bridgehead atoms. The maximum atomic E-state index is 12.6. The van der Waals surface area contributed by atoms with E-state index in [2.05, 4.69) is 49.5 Å². The molecule has 200 valence electrons. The van der Waals surface area contributed by atoms with Crippen LogP contribution in [0.1, 0.15) is 43.6 Å². The minimum absolute atomic E-state index is 0.000856. The molecule has 2 aromatic rings. The molecule has 4 aliphatic rings. The van der Waals surface area contributed by atoms with Crippen LogP contribution in [0.5, 0.6) is 0 Å². The largest absolute Gasteiger partial charge is 0.369 e. The second-order valence-electron chi connectivity index (χ2n) is 11.2. The van der Waals surface area contributed by atoms with Gasteiger partial charge in [0.25, 0.3) is 0 Å². The summed E-state index contributed by atoms with van der Waals surface area (Å²) in [5.74, 6) is -0.193. The van der Waals surface area contributed by atoms with E-state index in [1.807, 2.05) is 18.6 Å². The number of nitrogens with two attached hydrogens (primary N) is 2. The molecule has 0 radical (unpaired) electrons. The number of amides is 2. The Hall–Kier alpha value is -3.50. The fourth-order valence-corrected chi connectivity index (χ4v) is 6.78. The van der Waals surface area contributed by atoms with Gasteiger partial charge in [-0.1, -0.05) is 6.08 Å². The van der Waals surface area contributed by atoms with E-state index in [1.165, 1.54) is 24.1 Å². The SMILES string of the molecule is NC(=O)C1CC[N+](c2ccncc2C2CC2)(N2CCC(C(N)=O)C(C3=CCN(c4cn[nH]c4)C=C3)C2)CC1. The monoisotopic (exact) mass is 517 g/mol. The van der Waals surface area contributed by atoms with E-state index >= 15 is 0 Å². The van der Waals surface area contributed by atoms with Crippen LogP contribution in [0.25, 0.3) is 0 Å². The first-order valence-electron chi connectivity index (χ1n) is 13.8. The van der Waals surface area contributed by atoms with Crippen LogP contribution in [0.15, 0.2) is 54.8 Å². The normalized spacial score (nSPS) is 30.2. The van der Waals surface area contributed by atoms with Crippen LogP contribution in [0.4, 0.5) is 11.4 Å². The van der Waals surface area contributed by atoms with Gasteiger partial charge in [0.1, 0.15) is 13.1 Å². The molecule has 5 heterocycles. The van der Waals surface area contributed by atoms with E-state index in [0.29, 0.717) is 23.5 Å². The number of aromatic nitrogens is 3. The summed E-state index contributed by atoms with van der Waals surface area (Å²) in [5.41, 5.74) is 16.5.